The third kappa shape index (κ3) is 3.48. The molecule has 0 saturated heterocycles. The number of para-hydroxylation sites is 3. The summed E-state index contributed by atoms with van der Waals surface area (Å²) in [6.45, 7) is 0. The normalized spacial score (nSPS) is 15.0. The van der Waals surface area contributed by atoms with Crippen molar-refractivity contribution in [1.82, 2.24) is 0 Å². The Bertz CT molecular complexity index is 1110. The van der Waals surface area contributed by atoms with Crippen LogP contribution in [0.3, 0.4) is 0 Å². The Morgan fingerprint density at radius 1 is 0.742 bits per heavy atom. The van der Waals surface area contributed by atoms with Crippen LogP contribution in [0.15, 0.2) is 60.7 Å². The largest absolute Gasteiger partial charge is 0.496 e. The maximum atomic E-state index is 13.7. The first-order valence-corrected chi connectivity index (χ1v) is 9.75. The molecular weight excluding hydrogens is 396 g/mol. The van der Waals surface area contributed by atoms with E-state index in [9.17, 15) is 4.79 Å². The number of fused-ring (bicyclic) bond motifs is 1. The van der Waals surface area contributed by atoms with Gasteiger partial charge in [-0.25, -0.2) is 0 Å². The summed E-state index contributed by atoms with van der Waals surface area (Å²) in [6, 6.07) is 18.4. The Hall–Kier alpha value is -3.87. The number of methoxy groups -OCH3 is 4. The third-order valence-electron chi connectivity index (χ3n) is 5.30. The fourth-order valence-electron chi connectivity index (χ4n) is 3.81. The Balaban J connectivity index is 1.95. The molecule has 1 N–H and O–H groups in total. The lowest BCUT2D eigenvalue weighted by Gasteiger charge is -2.39. The molecule has 7 nitrogen and oxygen atoms in total. The minimum atomic E-state index is -0.576. The molecule has 0 fully saturated rings. The molecule has 7 heteroatoms. The molecule has 1 heterocycles. The number of nitrogens with one attached hydrogen (secondary N) is 1. The van der Waals surface area contributed by atoms with E-state index < -0.39 is 6.17 Å². The zero-order chi connectivity index (χ0) is 22.0. The van der Waals surface area contributed by atoms with Crippen LogP contribution in [0.4, 0.5) is 11.4 Å². The van der Waals surface area contributed by atoms with Gasteiger partial charge in [-0.3, -0.25) is 9.69 Å². The Labute approximate surface area is 181 Å². The quantitative estimate of drug-likeness (QED) is 0.634. The van der Waals surface area contributed by atoms with E-state index in [4.69, 9.17) is 18.9 Å². The van der Waals surface area contributed by atoms with E-state index in [-0.39, 0.29) is 5.91 Å². The van der Waals surface area contributed by atoms with Crippen LogP contribution in [0.5, 0.6) is 23.0 Å². The van der Waals surface area contributed by atoms with Gasteiger partial charge in [0.1, 0.15) is 17.7 Å². The summed E-state index contributed by atoms with van der Waals surface area (Å²) in [4.78, 5) is 15.4. The van der Waals surface area contributed by atoms with Gasteiger partial charge in [0.15, 0.2) is 11.5 Å². The van der Waals surface area contributed by atoms with E-state index in [1.165, 1.54) is 0 Å². The minimum Gasteiger partial charge on any atom is -0.496 e. The monoisotopic (exact) mass is 420 g/mol. The lowest BCUT2D eigenvalue weighted by atomic mass is 10.0. The molecule has 160 valence electrons. The number of hydrogen-bond acceptors (Lipinski definition) is 6. The second-order valence-corrected chi connectivity index (χ2v) is 6.89. The van der Waals surface area contributed by atoms with Crippen molar-refractivity contribution in [3.8, 4) is 23.0 Å². The molecular formula is C24H24N2O5. The van der Waals surface area contributed by atoms with Crippen molar-refractivity contribution >= 4 is 17.3 Å². The maximum absolute atomic E-state index is 13.7. The Kier molecular flexibility index (Phi) is 5.58. The highest BCUT2D eigenvalue weighted by Gasteiger charge is 2.37. The van der Waals surface area contributed by atoms with E-state index >= 15 is 0 Å². The van der Waals surface area contributed by atoms with E-state index in [0.29, 0.717) is 39.8 Å². The smallest absolute Gasteiger partial charge is 0.262 e. The second-order valence-electron chi connectivity index (χ2n) is 6.89. The molecule has 3 aromatic carbocycles. The number of carbonyl (C=O) groups is 1. The zero-order valence-corrected chi connectivity index (χ0v) is 17.8. The predicted molar refractivity (Wildman–Crippen MR) is 119 cm³/mol. The maximum Gasteiger partial charge on any atom is 0.262 e. The van der Waals surface area contributed by atoms with Gasteiger partial charge in [0.2, 0.25) is 0 Å². The number of benzene rings is 3. The summed E-state index contributed by atoms with van der Waals surface area (Å²) >= 11 is 0. The summed E-state index contributed by atoms with van der Waals surface area (Å²) in [6.07, 6.45) is -0.576. The molecule has 1 aliphatic heterocycles. The van der Waals surface area contributed by atoms with Crippen LogP contribution in [-0.2, 0) is 0 Å². The molecule has 31 heavy (non-hydrogen) atoms. The van der Waals surface area contributed by atoms with Crippen LogP contribution < -0.4 is 29.2 Å². The summed E-state index contributed by atoms with van der Waals surface area (Å²) in [5, 5.41) is 3.48. The van der Waals surface area contributed by atoms with Crippen molar-refractivity contribution in [3.05, 3.63) is 71.8 Å². The van der Waals surface area contributed by atoms with Crippen molar-refractivity contribution < 1.29 is 23.7 Å². The van der Waals surface area contributed by atoms with E-state index in [0.717, 1.165) is 5.69 Å². The van der Waals surface area contributed by atoms with Crippen molar-refractivity contribution in [2.75, 3.05) is 38.7 Å². The number of ether oxygens (including phenoxy) is 4. The number of rotatable bonds is 6. The minimum absolute atomic E-state index is 0.152. The number of hydrogen-bond donors (Lipinski definition) is 1. The predicted octanol–water partition coefficient (Wildman–Crippen LogP) is 4.49. The molecule has 0 saturated carbocycles. The molecule has 1 aliphatic rings. The van der Waals surface area contributed by atoms with Gasteiger partial charge < -0.3 is 24.3 Å². The van der Waals surface area contributed by atoms with Crippen LogP contribution in [-0.4, -0.2) is 34.3 Å². The van der Waals surface area contributed by atoms with Gasteiger partial charge in [0.25, 0.3) is 5.91 Å². The highest BCUT2D eigenvalue weighted by molar-refractivity contribution is 6.12. The van der Waals surface area contributed by atoms with Gasteiger partial charge >= 0.3 is 0 Å². The molecule has 0 bridgehead atoms. The molecule has 0 spiro atoms. The zero-order valence-electron chi connectivity index (χ0n) is 17.8. The number of amides is 1. The third-order valence-corrected chi connectivity index (χ3v) is 5.30. The van der Waals surface area contributed by atoms with Gasteiger partial charge in [-0.15, -0.1) is 0 Å². The van der Waals surface area contributed by atoms with Crippen LogP contribution in [0.25, 0.3) is 0 Å². The average Bonchev–Trinajstić information content (AvgIpc) is 2.83. The van der Waals surface area contributed by atoms with Crippen LogP contribution in [0.2, 0.25) is 0 Å². The molecule has 0 unspecified atom stereocenters. The van der Waals surface area contributed by atoms with E-state index in [2.05, 4.69) is 5.32 Å². The SMILES string of the molecule is COc1cc(OC)c([C@@H]2Nc3ccccc3C(=O)N2c2ccccc2OC)cc1OC. The van der Waals surface area contributed by atoms with Crippen molar-refractivity contribution in [2.45, 2.75) is 6.17 Å². The molecule has 0 aromatic heterocycles. The first kappa shape index (κ1) is 20.4. The highest BCUT2D eigenvalue weighted by Crippen LogP contribution is 2.45. The van der Waals surface area contributed by atoms with Crippen molar-refractivity contribution in [3.63, 3.8) is 0 Å². The van der Waals surface area contributed by atoms with Gasteiger partial charge in [0.05, 0.1) is 39.7 Å². The van der Waals surface area contributed by atoms with Crippen LogP contribution >= 0.6 is 0 Å². The Morgan fingerprint density at radius 3 is 2.06 bits per heavy atom. The average molecular weight is 420 g/mol. The fourth-order valence-corrected chi connectivity index (χ4v) is 3.81. The van der Waals surface area contributed by atoms with Crippen LogP contribution in [0, 0.1) is 0 Å². The molecule has 0 aliphatic carbocycles. The van der Waals surface area contributed by atoms with Gasteiger partial charge in [-0.1, -0.05) is 24.3 Å². The van der Waals surface area contributed by atoms with E-state index in [1.54, 1.807) is 45.5 Å². The first-order valence-electron chi connectivity index (χ1n) is 9.75. The van der Waals surface area contributed by atoms with Crippen LogP contribution in [0.1, 0.15) is 22.1 Å². The van der Waals surface area contributed by atoms with E-state index in [1.807, 2.05) is 48.5 Å². The topological polar surface area (TPSA) is 69.3 Å². The molecule has 1 atom stereocenters. The number of carbonyl (C=O) groups excluding carboxylic acids is 1. The lowest BCUT2D eigenvalue weighted by molar-refractivity contribution is 0.0974. The summed E-state index contributed by atoms with van der Waals surface area (Å²) < 4.78 is 22.2. The van der Waals surface area contributed by atoms with Crippen molar-refractivity contribution in [1.29, 1.82) is 0 Å². The molecule has 4 rings (SSSR count). The summed E-state index contributed by atoms with van der Waals surface area (Å²) in [7, 11) is 6.30. The lowest BCUT2D eigenvalue weighted by Crippen LogP contribution is -2.43. The first-order chi connectivity index (χ1) is 15.1. The standard InChI is InChI=1S/C24H24N2O5/c1-28-19-12-8-7-11-18(19)26-23(25-17-10-6-5-9-15(17)24(26)27)16-13-21(30-3)22(31-4)14-20(16)29-2/h5-14,23,25H,1-4H3/t23-/m1/s1. The number of anilines is 2. The highest BCUT2D eigenvalue weighted by atomic mass is 16.5. The van der Waals surface area contributed by atoms with Gasteiger partial charge in [0, 0.05) is 17.3 Å². The van der Waals surface area contributed by atoms with Crippen molar-refractivity contribution in [2.24, 2.45) is 0 Å². The summed E-state index contributed by atoms with van der Waals surface area (Å²) in [5.74, 6) is 2.06. The molecule has 0 radical (unpaired) electrons. The molecule has 3 aromatic rings. The van der Waals surface area contributed by atoms with Gasteiger partial charge in [-0.2, -0.15) is 0 Å². The van der Waals surface area contributed by atoms with Gasteiger partial charge in [-0.05, 0) is 30.3 Å². The Morgan fingerprint density at radius 2 is 1.35 bits per heavy atom. The number of nitrogens with zero attached hydrogens (tertiary/aromatic N) is 1. The fraction of sp³-hybridized carbons (Fsp3) is 0.208. The molecule has 1 amide bonds. The second kappa shape index (κ2) is 8.47. The summed E-state index contributed by atoms with van der Waals surface area (Å²) in [5.41, 5.74) is 2.66.